The Morgan fingerprint density at radius 3 is 2.57 bits per heavy atom. The van der Waals surface area contributed by atoms with Gasteiger partial charge in [-0.25, -0.2) is 0 Å². The number of likely N-dealkylation sites (tertiary alicyclic amines) is 1. The van der Waals surface area contributed by atoms with Crippen molar-refractivity contribution in [2.75, 3.05) is 46.8 Å². The second-order valence-electron chi connectivity index (χ2n) is 4.72. The molecule has 0 spiro atoms. The van der Waals surface area contributed by atoms with Crippen molar-refractivity contribution in [3.05, 3.63) is 0 Å². The fraction of sp³-hybridized carbons (Fsp3) is 1.00. The van der Waals surface area contributed by atoms with E-state index >= 15 is 0 Å². The predicted molar refractivity (Wildman–Crippen MR) is 62.1 cm³/mol. The molecule has 0 aromatic rings. The maximum Gasteiger partial charge on any atom is 0.0345 e. The largest absolute Gasteiger partial charge is 0.314 e. The summed E-state index contributed by atoms with van der Waals surface area (Å²) >= 11 is 0. The zero-order chi connectivity index (χ0) is 9.26. The number of nitrogens with zero attached hydrogens (tertiary/aromatic N) is 2. The van der Waals surface area contributed by atoms with Gasteiger partial charge in [0, 0.05) is 32.2 Å². The average molecular weight is 220 g/mol. The van der Waals surface area contributed by atoms with E-state index in [1.54, 1.807) is 0 Å². The lowest BCUT2D eigenvalue weighted by Gasteiger charge is -2.35. The molecular weight excluding hydrogens is 198 g/mol. The highest BCUT2D eigenvalue weighted by Gasteiger charge is 2.31. The Bertz CT molecular complexity index is 171. The Balaban J connectivity index is 0.000000980. The molecule has 1 unspecified atom stereocenters. The Morgan fingerprint density at radius 1 is 1.36 bits per heavy atom. The van der Waals surface area contributed by atoms with Crippen molar-refractivity contribution in [3.8, 4) is 0 Å². The highest BCUT2D eigenvalue weighted by atomic mass is 35.5. The lowest BCUT2D eigenvalue weighted by Crippen LogP contribution is -2.56. The summed E-state index contributed by atoms with van der Waals surface area (Å²) in [7, 11) is 4.35. The third kappa shape index (κ3) is 2.83. The Kier molecular flexibility index (Phi) is 4.64. The highest BCUT2D eigenvalue weighted by molar-refractivity contribution is 5.85. The first-order valence-corrected chi connectivity index (χ1v) is 5.35. The van der Waals surface area contributed by atoms with Crippen LogP contribution >= 0.6 is 12.4 Å². The molecule has 2 aliphatic heterocycles. The van der Waals surface area contributed by atoms with Crippen LogP contribution in [0.15, 0.2) is 0 Å². The van der Waals surface area contributed by atoms with E-state index < -0.39 is 0 Å². The molecule has 84 valence electrons. The van der Waals surface area contributed by atoms with Crippen molar-refractivity contribution in [1.29, 1.82) is 0 Å². The molecule has 0 aromatic heterocycles. The van der Waals surface area contributed by atoms with Crippen molar-refractivity contribution in [1.82, 2.24) is 15.1 Å². The lowest BCUT2D eigenvalue weighted by molar-refractivity contribution is 0.170. The minimum absolute atomic E-state index is 0. The van der Waals surface area contributed by atoms with Crippen molar-refractivity contribution in [2.24, 2.45) is 5.92 Å². The van der Waals surface area contributed by atoms with Gasteiger partial charge in [0.05, 0.1) is 0 Å². The molecule has 0 bridgehead atoms. The SMILES string of the molecule is CN(C)CC1CCN(C2CNC2)C1.Cl. The van der Waals surface area contributed by atoms with Gasteiger partial charge in [0.15, 0.2) is 0 Å². The molecule has 2 heterocycles. The van der Waals surface area contributed by atoms with Gasteiger partial charge in [0.1, 0.15) is 0 Å². The number of rotatable bonds is 3. The average Bonchev–Trinajstić information content (AvgIpc) is 2.31. The molecule has 2 saturated heterocycles. The molecule has 0 radical (unpaired) electrons. The summed E-state index contributed by atoms with van der Waals surface area (Å²) < 4.78 is 0. The van der Waals surface area contributed by atoms with Gasteiger partial charge in [-0.3, -0.25) is 4.90 Å². The second kappa shape index (κ2) is 5.31. The molecule has 0 aliphatic carbocycles. The first-order chi connectivity index (χ1) is 6.25. The van der Waals surface area contributed by atoms with Gasteiger partial charge in [0.25, 0.3) is 0 Å². The fourth-order valence-electron chi connectivity index (χ4n) is 2.39. The van der Waals surface area contributed by atoms with Crippen LogP contribution in [-0.2, 0) is 0 Å². The highest BCUT2D eigenvalue weighted by Crippen LogP contribution is 2.20. The van der Waals surface area contributed by atoms with Gasteiger partial charge in [-0.2, -0.15) is 0 Å². The molecule has 2 fully saturated rings. The van der Waals surface area contributed by atoms with Crippen LogP contribution in [0.1, 0.15) is 6.42 Å². The molecule has 0 saturated carbocycles. The van der Waals surface area contributed by atoms with Crippen LogP contribution in [0.25, 0.3) is 0 Å². The number of nitrogens with one attached hydrogen (secondary N) is 1. The zero-order valence-electron chi connectivity index (χ0n) is 9.20. The van der Waals surface area contributed by atoms with Crippen LogP contribution in [0.2, 0.25) is 0 Å². The molecule has 2 aliphatic rings. The summed E-state index contributed by atoms with van der Waals surface area (Å²) in [6.07, 6.45) is 1.40. The summed E-state index contributed by atoms with van der Waals surface area (Å²) in [5.41, 5.74) is 0. The van der Waals surface area contributed by atoms with Crippen LogP contribution in [-0.4, -0.2) is 62.7 Å². The Morgan fingerprint density at radius 2 is 2.07 bits per heavy atom. The lowest BCUT2D eigenvalue weighted by atomic mass is 10.1. The van der Waals surface area contributed by atoms with Crippen LogP contribution < -0.4 is 5.32 Å². The van der Waals surface area contributed by atoms with E-state index in [0.29, 0.717) is 0 Å². The van der Waals surface area contributed by atoms with Crippen LogP contribution in [0.3, 0.4) is 0 Å². The quantitative estimate of drug-likeness (QED) is 0.735. The van der Waals surface area contributed by atoms with Crippen molar-refractivity contribution < 1.29 is 0 Å². The fourth-order valence-corrected chi connectivity index (χ4v) is 2.39. The zero-order valence-corrected chi connectivity index (χ0v) is 10.0. The third-order valence-corrected chi connectivity index (χ3v) is 3.22. The molecule has 1 N–H and O–H groups in total. The van der Waals surface area contributed by atoms with E-state index in [-0.39, 0.29) is 12.4 Å². The topological polar surface area (TPSA) is 18.5 Å². The van der Waals surface area contributed by atoms with Crippen LogP contribution in [0.5, 0.6) is 0 Å². The summed E-state index contributed by atoms with van der Waals surface area (Å²) in [4.78, 5) is 4.97. The summed E-state index contributed by atoms with van der Waals surface area (Å²) in [5.74, 6) is 0.913. The Labute approximate surface area is 93.2 Å². The molecule has 0 amide bonds. The van der Waals surface area contributed by atoms with E-state index in [1.807, 2.05) is 0 Å². The monoisotopic (exact) mass is 219 g/mol. The van der Waals surface area contributed by atoms with E-state index in [9.17, 15) is 0 Å². The van der Waals surface area contributed by atoms with Gasteiger partial charge < -0.3 is 10.2 Å². The number of hydrogen-bond donors (Lipinski definition) is 1. The molecular formula is C10H22ClN3. The number of hydrogen-bond acceptors (Lipinski definition) is 3. The van der Waals surface area contributed by atoms with Gasteiger partial charge in [-0.15, -0.1) is 12.4 Å². The van der Waals surface area contributed by atoms with Crippen molar-refractivity contribution in [3.63, 3.8) is 0 Å². The predicted octanol–water partition coefficient (Wildman–Crippen LogP) is 0.263. The van der Waals surface area contributed by atoms with Gasteiger partial charge in [0.2, 0.25) is 0 Å². The summed E-state index contributed by atoms with van der Waals surface area (Å²) in [5, 5.41) is 3.34. The van der Waals surface area contributed by atoms with Crippen molar-refractivity contribution >= 4 is 12.4 Å². The van der Waals surface area contributed by atoms with Gasteiger partial charge in [-0.1, -0.05) is 0 Å². The van der Waals surface area contributed by atoms with Gasteiger partial charge in [-0.05, 0) is 33.0 Å². The summed E-state index contributed by atoms with van der Waals surface area (Å²) in [6, 6.07) is 0.854. The normalized spacial score (nSPS) is 28.9. The molecule has 1 atom stereocenters. The molecule has 2 rings (SSSR count). The van der Waals surface area contributed by atoms with E-state index in [4.69, 9.17) is 0 Å². The number of halogens is 1. The molecule has 4 heteroatoms. The van der Waals surface area contributed by atoms with E-state index in [2.05, 4.69) is 29.2 Å². The standard InChI is InChI=1S/C10H21N3.ClH/c1-12(2)7-9-3-4-13(8-9)10-5-11-6-10;/h9-11H,3-8H2,1-2H3;1H. The van der Waals surface area contributed by atoms with Gasteiger partial charge >= 0.3 is 0 Å². The Hall–Kier alpha value is 0.170. The van der Waals surface area contributed by atoms with E-state index in [0.717, 1.165) is 12.0 Å². The first kappa shape index (κ1) is 12.2. The minimum Gasteiger partial charge on any atom is -0.314 e. The maximum absolute atomic E-state index is 3.34. The molecule has 0 aromatic carbocycles. The maximum atomic E-state index is 3.34. The van der Waals surface area contributed by atoms with Crippen molar-refractivity contribution in [2.45, 2.75) is 12.5 Å². The summed E-state index contributed by atoms with van der Waals surface area (Å²) in [6.45, 7) is 6.34. The molecule has 14 heavy (non-hydrogen) atoms. The van der Waals surface area contributed by atoms with Crippen LogP contribution in [0, 0.1) is 5.92 Å². The van der Waals surface area contributed by atoms with E-state index in [1.165, 1.54) is 39.1 Å². The smallest absolute Gasteiger partial charge is 0.0345 e. The molecule has 3 nitrogen and oxygen atoms in total. The second-order valence-corrected chi connectivity index (χ2v) is 4.72. The third-order valence-electron chi connectivity index (χ3n) is 3.22. The first-order valence-electron chi connectivity index (χ1n) is 5.35. The minimum atomic E-state index is 0. The van der Waals surface area contributed by atoms with Crippen LogP contribution in [0.4, 0.5) is 0 Å².